The van der Waals surface area contributed by atoms with Crippen LogP contribution in [0.3, 0.4) is 0 Å². The van der Waals surface area contributed by atoms with Gasteiger partial charge in [-0.25, -0.2) is 5.48 Å². The summed E-state index contributed by atoms with van der Waals surface area (Å²) < 4.78 is 5.14. The normalized spacial score (nSPS) is 10.9. The van der Waals surface area contributed by atoms with Gasteiger partial charge in [0.25, 0.3) is 0 Å². The van der Waals surface area contributed by atoms with E-state index >= 15 is 0 Å². The number of rotatable bonds is 6. The van der Waals surface area contributed by atoms with Crippen molar-refractivity contribution < 1.29 is 14.2 Å². The number of carbonyl (C=O) groups is 1. The molecule has 2 aromatic rings. The molecule has 1 N–H and O–H groups in total. The molecule has 0 radical (unpaired) electrons. The van der Waals surface area contributed by atoms with Gasteiger partial charge < -0.3 is 4.52 Å². The van der Waals surface area contributed by atoms with E-state index in [1.807, 2.05) is 12.1 Å². The Morgan fingerprint density at radius 1 is 1.33 bits per heavy atom. The lowest BCUT2D eigenvalue weighted by molar-refractivity contribution is -0.131. The zero-order valence-corrected chi connectivity index (χ0v) is 12.4. The van der Waals surface area contributed by atoms with Crippen molar-refractivity contribution in [3.05, 3.63) is 35.7 Å². The van der Waals surface area contributed by atoms with Gasteiger partial charge in [-0.05, 0) is 11.5 Å². The van der Waals surface area contributed by atoms with Crippen LogP contribution >= 0.6 is 0 Å². The van der Waals surface area contributed by atoms with E-state index in [0.717, 1.165) is 5.56 Å². The molecule has 112 valence electrons. The number of nitrogens with zero attached hydrogens (tertiary/aromatic N) is 2. The first-order valence-corrected chi connectivity index (χ1v) is 6.85. The fourth-order valence-corrected chi connectivity index (χ4v) is 1.88. The minimum absolute atomic E-state index is 0.224. The highest BCUT2D eigenvalue weighted by Crippen LogP contribution is 2.20. The maximum Gasteiger partial charge on any atom is 0.244 e. The molecule has 0 spiro atoms. The van der Waals surface area contributed by atoms with Crippen LogP contribution in [0, 0.1) is 0 Å². The van der Waals surface area contributed by atoms with Gasteiger partial charge in [0.05, 0.1) is 7.11 Å². The number of amides is 1. The van der Waals surface area contributed by atoms with Crippen molar-refractivity contribution in [2.75, 3.05) is 7.11 Å². The van der Waals surface area contributed by atoms with E-state index in [9.17, 15) is 4.79 Å². The third-order valence-corrected chi connectivity index (χ3v) is 3.09. The van der Waals surface area contributed by atoms with Crippen molar-refractivity contribution in [2.24, 2.45) is 0 Å². The lowest BCUT2D eigenvalue weighted by Crippen LogP contribution is -2.21. The van der Waals surface area contributed by atoms with Crippen LogP contribution in [0.1, 0.15) is 37.6 Å². The monoisotopic (exact) mass is 289 g/mol. The van der Waals surface area contributed by atoms with E-state index in [4.69, 9.17) is 4.52 Å². The number of carbonyl (C=O) groups excluding carboxylic acids is 1. The molecule has 1 aromatic carbocycles. The summed E-state index contributed by atoms with van der Waals surface area (Å²) in [6.07, 6.45) is 0.619. The number of aromatic nitrogens is 2. The Morgan fingerprint density at radius 3 is 2.67 bits per heavy atom. The molecule has 0 fully saturated rings. The minimum atomic E-state index is -0.224. The average Bonchev–Trinajstić information content (AvgIpc) is 2.94. The Labute approximate surface area is 123 Å². The Hall–Kier alpha value is -2.21. The predicted molar refractivity (Wildman–Crippen MR) is 77.3 cm³/mol. The van der Waals surface area contributed by atoms with Crippen molar-refractivity contribution in [1.29, 1.82) is 0 Å². The number of hydrogen-bond acceptors (Lipinski definition) is 5. The Balaban J connectivity index is 2.00. The van der Waals surface area contributed by atoms with E-state index in [2.05, 4.69) is 46.4 Å². The smallest absolute Gasteiger partial charge is 0.244 e. The highest BCUT2D eigenvalue weighted by molar-refractivity contribution is 5.74. The molecule has 0 bridgehead atoms. The first kappa shape index (κ1) is 15.2. The molecular formula is C15H19N3O3. The zero-order chi connectivity index (χ0) is 15.2. The van der Waals surface area contributed by atoms with Crippen molar-refractivity contribution in [1.82, 2.24) is 15.6 Å². The van der Waals surface area contributed by atoms with Crippen LogP contribution in [-0.4, -0.2) is 23.2 Å². The van der Waals surface area contributed by atoms with E-state index < -0.39 is 0 Å². The summed E-state index contributed by atoms with van der Waals surface area (Å²) in [5.74, 6) is 1.23. The van der Waals surface area contributed by atoms with Crippen LogP contribution < -0.4 is 5.48 Å². The van der Waals surface area contributed by atoms with E-state index in [1.54, 1.807) is 0 Å². The van der Waals surface area contributed by atoms with Crippen LogP contribution in [0.25, 0.3) is 11.4 Å². The maximum atomic E-state index is 11.3. The van der Waals surface area contributed by atoms with Crippen LogP contribution in [0.5, 0.6) is 0 Å². The van der Waals surface area contributed by atoms with Crippen LogP contribution in [0.15, 0.2) is 28.8 Å². The molecule has 0 saturated carbocycles. The Bertz CT molecular complexity index is 590. The molecule has 6 heteroatoms. The first-order valence-electron chi connectivity index (χ1n) is 6.85. The summed E-state index contributed by atoms with van der Waals surface area (Å²) in [5.41, 5.74) is 4.40. The molecule has 1 heterocycles. The molecule has 1 amide bonds. The lowest BCUT2D eigenvalue weighted by atomic mass is 10.0. The summed E-state index contributed by atoms with van der Waals surface area (Å²) in [7, 11) is 1.39. The van der Waals surface area contributed by atoms with E-state index in [1.165, 1.54) is 12.7 Å². The first-order chi connectivity index (χ1) is 10.1. The lowest BCUT2D eigenvalue weighted by Gasteiger charge is -2.04. The van der Waals surface area contributed by atoms with Gasteiger partial charge in [0.2, 0.25) is 17.6 Å². The van der Waals surface area contributed by atoms with E-state index in [-0.39, 0.29) is 12.3 Å². The second kappa shape index (κ2) is 6.99. The Morgan fingerprint density at radius 2 is 2.05 bits per heavy atom. The number of benzene rings is 1. The predicted octanol–water partition coefficient (Wildman–Crippen LogP) is 2.47. The van der Waals surface area contributed by atoms with Gasteiger partial charge >= 0.3 is 0 Å². The molecule has 1 aromatic heterocycles. The number of nitrogens with one attached hydrogen (secondary N) is 1. The molecule has 0 atom stereocenters. The standard InChI is InChI=1S/C15H19N3O3/c1-10(2)11-4-6-12(7-5-11)15-16-14(21-18-15)9-8-13(19)17-20-3/h4-7,10H,8-9H2,1-3H3,(H,17,19). The molecule has 0 saturated heterocycles. The van der Waals surface area contributed by atoms with Crippen LogP contribution in [-0.2, 0) is 16.1 Å². The summed E-state index contributed by atoms with van der Waals surface area (Å²) in [6.45, 7) is 4.29. The summed E-state index contributed by atoms with van der Waals surface area (Å²) >= 11 is 0. The minimum Gasteiger partial charge on any atom is -0.339 e. The molecule has 6 nitrogen and oxygen atoms in total. The van der Waals surface area contributed by atoms with Gasteiger partial charge in [0, 0.05) is 18.4 Å². The summed E-state index contributed by atoms with van der Waals surface area (Å²) in [5, 5.41) is 3.94. The Kier molecular flexibility index (Phi) is 5.05. The van der Waals surface area contributed by atoms with Gasteiger partial charge in [0.1, 0.15) is 0 Å². The molecule has 0 aliphatic heterocycles. The van der Waals surface area contributed by atoms with Crippen LogP contribution in [0.4, 0.5) is 0 Å². The van der Waals surface area contributed by atoms with Crippen molar-refractivity contribution in [2.45, 2.75) is 32.6 Å². The van der Waals surface area contributed by atoms with Gasteiger partial charge in [-0.1, -0.05) is 43.3 Å². The number of hydrogen-bond donors (Lipinski definition) is 1. The molecule has 0 aliphatic carbocycles. The van der Waals surface area contributed by atoms with Crippen molar-refractivity contribution in [3.8, 4) is 11.4 Å². The van der Waals surface area contributed by atoms with Gasteiger partial charge in [-0.15, -0.1) is 0 Å². The SMILES string of the molecule is CONC(=O)CCc1nc(-c2ccc(C(C)C)cc2)no1. The summed E-state index contributed by atoms with van der Waals surface area (Å²) in [6, 6.07) is 8.06. The van der Waals surface area contributed by atoms with Crippen LogP contribution in [0.2, 0.25) is 0 Å². The molecular weight excluding hydrogens is 270 g/mol. The largest absolute Gasteiger partial charge is 0.339 e. The van der Waals surface area contributed by atoms with Gasteiger partial charge in [-0.2, -0.15) is 4.98 Å². The third kappa shape index (κ3) is 4.13. The number of aryl methyl sites for hydroxylation is 1. The summed E-state index contributed by atoms with van der Waals surface area (Å²) in [4.78, 5) is 20.1. The maximum absolute atomic E-state index is 11.3. The molecule has 21 heavy (non-hydrogen) atoms. The fraction of sp³-hybridized carbons (Fsp3) is 0.400. The highest BCUT2D eigenvalue weighted by Gasteiger charge is 2.11. The van der Waals surface area contributed by atoms with Crippen molar-refractivity contribution >= 4 is 5.91 Å². The van der Waals surface area contributed by atoms with Gasteiger partial charge in [-0.3, -0.25) is 9.63 Å². The number of hydroxylamine groups is 1. The topological polar surface area (TPSA) is 77.2 Å². The average molecular weight is 289 g/mol. The third-order valence-electron chi connectivity index (χ3n) is 3.09. The van der Waals surface area contributed by atoms with Crippen molar-refractivity contribution in [3.63, 3.8) is 0 Å². The second-order valence-corrected chi connectivity index (χ2v) is 5.02. The molecule has 0 unspecified atom stereocenters. The second-order valence-electron chi connectivity index (χ2n) is 5.02. The molecule has 0 aliphatic rings. The van der Waals surface area contributed by atoms with E-state index in [0.29, 0.717) is 24.1 Å². The highest BCUT2D eigenvalue weighted by atomic mass is 16.6. The van der Waals surface area contributed by atoms with Gasteiger partial charge in [0.15, 0.2) is 0 Å². The zero-order valence-electron chi connectivity index (χ0n) is 12.4. The quantitative estimate of drug-likeness (QED) is 0.827. The molecule has 2 rings (SSSR count). The fourth-order valence-electron chi connectivity index (χ4n) is 1.88.